The highest BCUT2D eigenvalue weighted by Gasteiger charge is 2.06. The second kappa shape index (κ2) is 6.23. The molecule has 1 heterocycles. The maximum Gasteiger partial charge on any atom is 0.274 e. The van der Waals surface area contributed by atoms with Crippen molar-refractivity contribution in [2.24, 2.45) is 5.92 Å². The number of nitrogen functional groups attached to an aromatic ring is 1. The molecule has 0 aromatic carbocycles. The van der Waals surface area contributed by atoms with E-state index >= 15 is 0 Å². The van der Waals surface area contributed by atoms with Gasteiger partial charge >= 0.3 is 0 Å². The summed E-state index contributed by atoms with van der Waals surface area (Å²) >= 11 is 0. The van der Waals surface area contributed by atoms with Crippen molar-refractivity contribution in [1.29, 1.82) is 0 Å². The van der Waals surface area contributed by atoms with Crippen LogP contribution in [0.3, 0.4) is 0 Å². The number of pyridine rings is 1. The van der Waals surface area contributed by atoms with Gasteiger partial charge in [-0.2, -0.15) is 0 Å². The van der Waals surface area contributed by atoms with E-state index in [-0.39, 0.29) is 23.6 Å². The summed E-state index contributed by atoms with van der Waals surface area (Å²) in [5.41, 5.74) is 5.39. The lowest BCUT2D eigenvalue weighted by atomic mass is 10.0. The Hall–Kier alpha value is -1.58. The van der Waals surface area contributed by atoms with Crippen molar-refractivity contribution in [2.45, 2.75) is 39.7 Å². The average Bonchev–Trinajstić information content (AvgIpc) is 2.24. The number of rotatable bonds is 6. The van der Waals surface area contributed by atoms with Gasteiger partial charge < -0.3 is 10.3 Å². The first kappa shape index (κ1) is 13.5. The molecule has 0 radical (unpaired) electrons. The summed E-state index contributed by atoms with van der Waals surface area (Å²) in [6.07, 6.45) is 4.05. The summed E-state index contributed by atoms with van der Waals surface area (Å²) in [6.45, 7) is 4.39. The Labute approximate surface area is 101 Å². The first-order chi connectivity index (χ1) is 8.00. The zero-order valence-electron chi connectivity index (χ0n) is 10.5. The molecule has 4 nitrogen and oxygen atoms in total. The summed E-state index contributed by atoms with van der Waals surface area (Å²) in [7, 11) is 0. The fourth-order valence-electron chi connectivity index (χ4n) is 1.66. The van der Waals surface area contributed by atoms with E-state index in [4.69, 9.17) is 5.73 Å². The van der Waals surface area contributed by atoms with Crippen molar-refractivity contribution < 1.29 is 4.79 Å². The van der Waals surface area contributed by atoms with E-state index in [0.29, 0.717) is 12.3 Å². The monoisotopic (exact) mass is 236 g/mol. The number of aromatic nitrogens is 1. The molecule has 94 valence electrons. The van der Waals surface area contributed by atoms with Gasteiger partial charge in [0.05, 0.1) is 12.2 Å². The molecule has 0 aliphatic rings. The van der Waals surface area contributed by atoms with E-state index in [1.54, 1.807) is 18.3 Å². The van der Waals surface area contributed by atoms with Crippen LogP contribution in [0.4, 0.5) is 5.69 Å². The Bertz CT molecular complexity index is 435. The molecule has 0 amide bonds. The van der Waals surface area contributed by atoms with E-state index in [1.807, 2.05) is 0 Å². The van der Waals surface area contributed by atoms with Gasteiger partial charge in [-0.15, -0.1) is 0 Å². The van der Waals surface area contributed by atoms with Crippen molar-refractivity contribution >= 4 is 11.5 Å². The second-order valence-electron chi connectivity index (χ2n) is 4.72. The summed E-state index contributed by atoms with van der Waals surface area (Å²) in [6, 6.07) is 3.22. The number of ketones is 1. The molecule has 0 aliphatic carbocycles. The molecule has 4 heteroatoms. The number of hydrogen-bond donors (Lipinski definition) is 1. The zero-order valence-corrected chi connectivity index (χ0v) is 10.5. The molecule has 1 rings (SSSR count). The van der Waals surface area contributed by atoms with Gasteiger partial charge in [-0.1, -0.05) is 20.3 Å². The topological polar surface area (TPSA) is 65.1 Å². The Kier molecular flexibility index (Phi) is 4.94. The lowest BCUT2D eigenvalue weighted by Gasteiger charge is -2.06. The minimum absolute atomic E-state index is 0.0818. The average molecular weight is 236 g/mol. The van der Waals surface area contributed by atoms with Crippen LogP contribution in [0.1, 0.15) is 33.1 Å². The molecule has 0 fully saturated rings. The van der Waals surface area contributed by atoms with E-state index in [0.717, 1.165) is 12.8 Å². The minimum Gasteiger partial charge on any atom is -0.394 e. The highest BCUT2D eigenvalue weighted by atomic mass is 16.1. The van der Waals surface area contributed by atoms with Crippen molar-refractivity contribution in [2.75, 3.05) is 5.73 Å². The third-order valence-electron chi connectivity index (χ3n) is 2.63. The fraction of sp³-hybridized carbons (Fsp3) is 0.538. The summed E-state index contributed by atoms with van der Waals surface area (Å²) in [5.74, 6) is 0.691. The van der Waals surface area contributed by atoms with Gasteiger partial charge in [-0.25, -0.2) is 0 Å². The lowest BCUT2D eigenvalue weighted by Crippen LogP contribution is -2.25. The predicted molar refractivity (Wildman–Crippen MR) is 68.8 cm³/mol. The number of Topliss-reactive ketones (excluding diaryl/α,β-unsaturated/α-hetero) is 1. The molecule has 0 saturated carbocycles. The number of carbonyl (C=O) groups excluding carboxylic acids is 1. The van der Waals surface area contributed by atoms with Crippen LogP contribution in [0.25, 0.3) is 0 Å². The molecule has 0 bridgehead atoms. The molecule has 0 atom stereocenters. The first-order valence-electron chi connectivity index (χ1n) is 5.97. The van der Waals surface area contributed by atoms with E-state index in [2.05, 4.69) is 13.8 Å². The predicted octanol–water partition coefficient (Wildman–Crippen LogP) is 1.83. The van der Waals surface area contributed by atoms with Gasteiger partial charge in [-0.3, -0.25) is 9.59 Å². The Morgan fingerprint density at radius 2 is 2.18 bits per heavy atom. The second-order valence-corrected chi connectivity index (χ2v) is 4.72. The Morgan fingerprint density at radius 3 is 2.82 bits per heavy atom. The zero-order chi connectivity index (χ0) is 12.8. The van der Waals surface area contributed by atoms with Gasteiger partial charge in [0.25, 0.3) is 5.56 Å². The van der Waals surface area contributed by atoms with Crippen LogP contribution in [0.15, 0.2) is 23.1 Å². The van der Waals surface area contributed by atoms with Gasteiger partial charge in [-0.05, 0) is 24.5 Å². The van der Waals surface area contributed by atoms with Crippen molar-refractivity contribution in [3.8, 4) is 0 Å². The molecule has 1 aromatic rings. The number of carbonyl (C=O) groups is 1. The first-order valence-corrected chi connectivity index (χ1v) is 5.97. The van der Waals surface area contributed by atoms with Gasteiger partial charge in [0.15, 0.2) is 5.78 Å². The van der Waals surface area contributed by atoms with Gasteiger partial charge in [0, 0.05) is 12.6 Å². The van der Waals surface area contributed by atoms with Crippen LogP contribution in [-0.2, 0) is 11.3 Å². The van der Waals surface area contributed by atoms with Crippen LogP contribution in [-0.4, -0.2) is 10.4 Å². The van der Waals surface area contributed by atoms with Crippen LogP contribution in [0.5, 0.6) is 0 Å². The number of hydrogen-bond acceptors (Lipinski definition) is 3. The number of anilines is 1. The third-order valence-corrected chi connectivity index (χ3v) is 2.63. The minimum atomic E-state index is -0.287. The summed E-state index contributed by atoms with van der Waals surface area (Å²) in [5, 5.41) is 0. The molecule has 0 aliphatic heterocycles. The summed E-state index contributed by atoms with van der Waals surface area (Å²) < 4.78 is 1.37. The highest BCUT2D eigenvalue weighted by Crippen LogP contribution is 2.07. The van der Waals surface area contributed by atoms with Crippen LogP contribution >= 0.6 is 0 Å². The summed E-state index contributed by atoms with van der Waals surface area (Å²) in [4.78, 5) is 23.2. The van der Waals surface area contributed by atoms with Crippen molar-refractivity contribution in [1.82, 2.24) is 4.57 Å². The number of nitrogens with zero attached hydrogens (tertiary/aromatic N) is 1. The van der Waals surface area contributed by atoms with E-state index in [9.17, 15) is 9.59 Å². The lowest BCUT2D eigenvalue weighted by molar-refractivity contribution is -0.119. The molecule has 1 aromatic heterocycles. The normalized spacial score (nSPS) is 10.8. The molecule has 0 unspecified atom stereocenters. The number of nitrogens with two attached hydrogens (primary N) is 1. The molecule has 0 spiro atoms. The molecular weight excluding hydrogens is 216 g/mol. The third kappa shape index (κ3) is 4.43. The van der Waals surface area contributed by atoms with E-state index in [1.165, 1.54) is 4.57 Å². The van der Waals surface area contributed by atoms with Crippen LogP contribution < -0.4 is 11.3 Å². The maximum absolute atomic E-state index is 11.7. The maximum atomic E-state index is 11.7. The Morgan fingerprint density at radius 1 is 1.47 bits per heavy atom. The fourth-order valence-corrected chi connectivity index (χ4v) is 1.66. The standard InChI is InChI=1S/C13H20N2O2/c1-10(2)5-3-6-11(16)9-15-8-4-7-12(14)13(15)17/h4,7-8,10H,3,5-6,9,14H2,1-2H3. The molecule has 0 saturated heterocycles. The van der Waals surface area contributed by atoms with E-state index < -0.39 is 0 Å². The Balaban J connectivity index is 2.51. The van der Waals surface area contributed by atoms with Gasteiger partial charge in [0.1, 0.15) is 0 Å². The van der Waals surface area contributed by atoms with Crippen molar-refractivity contribution in [3.05, 3.63) is 28.7 Å². The SMILES string of the molecule is CC(C)CCCC(=O)Cn1cccc(N)c1=O. The van der Waals surface area contributed by atoms with Gasteiger partial charge in [0.2, 0.25) is 0 Å². The highest BCUT2D eigenvalue weighted by molar-refractivity contribution is 5.78. The molecule has 2 N–H and O–H groups in total. The molecular formula is C13H20N2O2. The van der Waals surface area contributed by atoms with Crippen LogP contribution in [0.2, 0.25) is 0 Å². The van der Waals surface area contributed by atoms with Crippen LogP contribution in [0, 0.1) is 5.92 Å². The quantitative estimate of drug-likeness (QED) is 0.819. The van der Waals surface area contributed by atoms with Crippen molar-refractivity contribution in [3.63, 3.8) is 0 Å². The smallest absolute Gasteiger partial charge is 0.274 e. The largest absolute Gasteiger partial charge is 0.394 e. The molecule has 17 heavy (non-hydrogen) atoms.